The van der Waals surface area contributed by atoms with Crippen LogP contribution < -0.4 is 19.7 Å². The second-order valence-electron chi connectivity index (χ2n) is 7.26. The fourth-order valence-corrected chi connectivity index (χ4v) is 4.99. The highest BCUT2D eigenvalue weighted by atomic mass is 35.5. The number of amides is 1. The predicted molar refractivity (Wildman–Crippen MR) is 148 cm³/mol. The fourth-order valence-electron chi connectivity index (χ4n) is 3.20. The van der Waals surface area contributed by atoms with Gasteiger partial charge in [-0.05, 0) is 62.6 Å². The van der Waals surface area contributed by atoms with E-state index < -0.39 is 16.4 Å². The summed E-state index contributed by atoms with van der Waals surface area (Å²) in [5.41, 5.74) is 1.49. The monoisotopic (exact) mass is 580 g/mol. The maximum absolute atomic E-state index is 13.7. The molecule has 0 bridgehead atoms. The average Bonchev–Trinajstić information content (AvgIpc) is 3.26. The Morgan fingerprint density at radius 3 is 2.32 bits per heavy atom. The number of methoxy groups -OCH3 is 2. The molecule has 3 aromatic carbocycles. The number of anilines is 2. The van der Waals surface area contributed by atoms with E-state index in [9.17, 15) is 13.2 Å². The summed E-state index contributed by atoms with van der Waals surface area (Å²) in [5, 5.41) is 3.66. The highest BCUT2D eigenvalue weighted by Gasteiger charge is 2.26. The SMILES string of the molecule is CNC.COc1ccc(N(C(=O)c2ccc(Cl)cc2Cl)c2nc3ccc(N=S(=O)=O)cc3s2)cc1OC. The second-order valence-corrected chi connectivity index (χ2v) is 9.73. The maximum Gasteiger partial charge on any atom is 0.316 e. The minimum Gasteiger partial charge on any atom is -0.493 e. The van der Waals surface area contributed by atoms with E-state index in [0.717, 1.165) is 0 Å². The second kappa shape index (κ2) is 12.8. The van der Waals surface area contributed by atoms with Crippen LogP contribution in [-0.2, 0) is 10.5 Å². The lowest BCUT2D eigenvalue weighted by molar-refractivity contribution is 0.0999. The van der Waals surface area contributed by atoms with Gasteiger partial charge in [-0.3, -0.25) is 9.69 Å². The van der Waals surface area contributed by atoms with E-state index in [-0.39, 0.29) is 16.3 Å². The number of halogens is 2. The molecule has 0 aliphatic carbocycles. The Kier molecular flexibility index (Phi) is 9.84. The molecule has 194 valence electrons. The molecule has 0 unspecified atom stereocenters. The smallest absolute Gasteiger partial charge is 0.316 e. The van der Waals surface area contributed by atoms with Crippen LogP contribution in [0.2, 0.25) is 10.0 Å². The van der Waals surface area contributed by atoms with Crippen molar-refractivity contribution >= 4 is 77.7 Å². The summed E-state index contributed by atoms with van der Waals surface area (Å²) >= 11 is 13.5. The summed E-state index contributed by atoms with van der Waals surface area (Å²) in [6, 6.07) is 14.3. The number of nitrogens with zero attached hydrogens (tertiary/aromatic N) is 3. The lowest BCUT2D eigenvalue weighted by Crippen LogP contribution is -2.26. The van der Waals surface area contributed by atoms with Gasteiger partial charge in [0.05, 0.1) is 46.4 Å². The van der Waals surface area contributed by atoms with Crippen molar-refractivity contribution in [3.8, 4) is 11.5 Å². The van der Waals surface area contributed by atoms with Crippen LogP contribution in [0, 0.1) is 0 Å². The first kappa shape index (κ1) is 28.4. The first-order chi connectivity index (χ1) is 17.7. The molecule has 4 rings (SSSR count). The van der Waals surface area contributed by atoms with Gasteiger partial charge in [0.1, 0.15) is 0 Å². The zero-order chi connectivity index (χ0) is 27.1. The zero-order valence-electron chi connectivity index (χ0n) is 20.2. The van der Waals surface area contributed by atoms with Gasteiger partial charge < -0.3 is 14.8 Å². The van der Waals surface area contributed by atoms with Crippen molar-refractivity contribution in [2.45, 2.75) is 0 Å². The van der Waals surface area contributed by atoms with E-state index in [0.29, 0.717) is 37.6 Å². The van der Waals surface area contributed by atoms with E-state index in [1.54, 1.807) is 36.4 Å². The quantitative estimate of drug-likeness (QED) is 0.292. The summed E-state index contributed by atoms with van der Waals surface area (Å²) in [4.78, 5) is 19.7. The zero-order valence-corrected chi connectivity index (χ0v) is 23.3. The van der Waals surface area contributed by atoms with Crippen molar-refractivity contribution in [3.05, 3.63) is 70.2 Å². The topological polar surface area (TPSA) is 110 Å². The summed E-state index contributed by atoms with van der Waals surface area (Å²) in [6.07, 6.45) is 0. The van der Waals surface area contributed by atoms with Crippen LogP contribution in [0.4, 0.5) is 16.5 Å². The molecular weight excluding hydrogens is 559 g/mol. The summed E-state index contributed by atoms with van der Waals surface area (Å²) in [5.74, 6) is 0.461. The number of thiazole rings is 1. The Morgan fingerprint density at radius 1 is 1.00 bits per heavy atom. The number of nitrogens with one attached hydrogen (secondary N) is 1. The number of hydrogen-bond acceptors (Lipinski definition) is 9. The average molecular weight is 582 g/mol. The van der Waals surface area contributed by atoms with Crippen molar-refractivity contribution in [3.63, 3.8) is 0 Å². The Morgan fingerprint density at radius 2 is 1.70 bits per heavy atom. The van der Waals surface area contributed by atoms with Gasteiger partial charge in [-0.1, -0.05) is 34.5 Å². The molecule has 0 radical (unpaired) electrons. The standard InChI is InChI=1S/C22H15Cl2N3O5S2.C2H7N/c1-31-18-8-5-14(11-19(18)32-2)27(21(28)15-6-3-12(23)9-16(15)24)22-25-17-7-4-13(26-34(29)30)10-20(17)33-22;1-3-2/h3-11H,1-2H3;3H,1-2H3. The van der Waals surface area contributed by atoms with Gasteiger partial charge in [-0.25, -0.2) is 4.98 Å². The number of rotatable bonds is 6. The van der Waals surface area contributed by atoms with Crippen molar-refractivity contribution < 1.29 is 22.7 Å². The van der Waals surface area contributed by atoms with Crippen LogP contribution >= 0.6 is 34.5 Å². The maximum atomic E-state index is 13.7. The van der Waals surface area contributed by atoms with Crippen LogP contribution in [0.25, 0.3) is 10.2 Å². The molecule has 0 saturated heterocycles. The molecule has 1 N–H and O–H groups in total. The van der Waals surface area contributed by atoms with Crippen molar-refractivity contribution in [1.29, 1.82) is 0 Å². The number of carbonyl (C=O) groups excluding carboxylic acids is 1. The first-order valence-electron chi connectivity index (χ1n) is 10.5. The summed E-state index contributed by atoms with van der Waals surface area (Å²) in [6.45, 7) is 0. The number of hydrogen-bond donors (Lipinski definition) is 1. The number of carbonyl (C=O) groups is 1. The van der Waals surface area contributed by atoms with Gasteiger partial charge in [-0.15, -0.1) is 4.36 Å². The molecule has 1 aromatic heterocycles. The molecule has 13 heteroatoms. The molecule has 4 aromatic rings. The van der Waals surface area contributed by atoms with Crippen molar-refractivity contribution in [1.82, 2.24) is 10.3 Å². The summed E-state index contributed by atoms with van der Waals surface area (Å²) in [7, 11) is 4.16. The van der Waals surface area contributed by atoms with E-state index in [2.05, 4.69) is 14.7 Å². The van der Waals surface area contributed by atoms with Crippen LogP contribution in [0.5, 0.6) is 11.5 Å². The molecule has 37 heavy (non-hydrogen) atoms. The molecule has 0 aliphatic rings. The van der Waals surface area contributed by atoms with E-state index in [1.807, 2.05) is 14.1 Å². The molecular formula is C24H22Cl2N4O5S2. The van der Waals surface area contributed by atoms with Crippen LogP contribution in [-0.4, -0.2) is 47.6 Å². The molecule has 0 saturated carbocycles. The van der Waals surface area contributed by atoms with E-state index >= 15 is 0 Å². The molecule has 0 fully saturated rings. The van der Waals surface area contributed by atoms with E-state index in [4.69, 9.17) is 32.7 Å². The van der Waals surface area contributed by atoms with Gasteiger partial charge in [0.15, 0.2) is 16.6 Å². The van der Waals surface area contributed by atoms with E-state index in [1.165, 1.54) is 48.7 Å². The molecule has 0 atom stereocenters. The third-order valence-electron chi connectivity index (χ3n) is 4.72. The Labute approximate surface area is 229 Å². The minimum absolute atomic E-state index is 0.183. The third kappa shape index (κ3) is 6.76. The number of ether oxygens (including phenoxy) is 2. The van der Waals surface area contributed by atoms with Gasteiger partial charge in [-0.2, -0.15) is 8.42 Å². The summed E-state index contributed by atoms with van der Waals surface area (Å²) < 4.78 is 36.8. The normalized spacial score (nSPS) is 10.3. The molecule has 0 aliphatic heterocycles. The number of fused-ring (bicyclic) bond motifs is 1. The van der Waals surface area contributed by atoms with Crippen molar-refractivity contribution in [2.24, 2.45) is 4.36 Å². The lowest BCUT2D eigenvalue weighted by atomic mass is 10.1. The van der Waals surface area contributed by atoms with Gasteiger partial charge in [0, 0.05) is 11.1 Å². The molecule has 9 nitrogen and oxygen atoms in total. The molecule has 1 amide bonds. The van der Waals surface area contributed by atoms with Gasteiger partial charge >= 0.3 is 10.5 Å². The Hall–Kier alpha value is -3.22. The lowest BCUT2D eigenvalue weighted by Gasteiger charge is -2.22. The highest BCUT2D eigenvalue weighted by molar-refractivity contribution is 7.61. The van der Waals surface area contributed by atoms with Crippen LogP contribution in [0.3, 0.4) is 0 Å². The van der Waals surface area contributed by atoms with Crippen LogP contribution in [0.15, 0.2) is 59.0 Å². The Balaban J connectivity index is 0.00000121. The van der Waals surface area contributed by atoms with Gasteiger partial charge in [0.2, 0.25) is 0 Å². The van der Waals surface area contributed by atoms with Crippen molar-refractivity contribution in [2.75, 3.05) is 33.2 Å². The number of benzene rings is 3. The number of aromatic nitrogens is 1. The predicted octanol–water partition coefficient (Wildman–Crippen LogP) is 6.13. The Bertz CT molecular complexity index is 1570. The third-order valence-corrected chi connectivity index (χ3v) is 6.63. The first-order valence-corrected chi connectivity index (χ1v) is 13.1. The fraction of sp³-hybridized carbons (Fsp3) is 0.167. The largest absolute Gasteiger partial charge is 0.493 e. The van der Waals surface area contributed by atoms with Crippen LogP contribution in [0.1, 0.15) is 10.4 Å². The van der Waals surface area contributed by atoms with Gasteiger partial charge in [0.25, 0.3) is 5.91 Å². The minimum atomic E-state index is -2.59. The molecule has 1 heterocycles. The highest BCUT2D eigenvalue weighted by Crippen LogP contribution is 2.40. The molecule has 0 spiro atoms.